The lowest BCUT2D eigenvalue weighted by atomic mass is 10.2. The summed E-state index contributed by atoms with van der Waals surface area (Å²) in [6, 6.07) is 4.13. The van der Waals surface area contributed by atoms with Gasteiger partial charge in [0.15, 0.2) is 0 Å². The summed E-state index contributed by atoms with van der Waals surface area (Å²) in [5.74, 6) is 0.913. The number of ether oxygens (including phenoxy) is 1. The van der Waals surface area contributed by atoms with E-state index in [1.54, 1.807) is 7.11 Å². The topological polar surface area (TPSA) is 9.23 Å². The summed E-state index contributed by atoms with van der Waals surface area (Å²) < 4.78 is 7.33. The molecule has 0 aliphatic rings. The highest BCUT2D eigenvalue weighted by Gasteiger charge is 2.04. The molecule has 0 atom stereocenters. The molecule has 1 aromatic rings. The maximum Gasteiger partial charge on any atom is 0.146 e. The maximum absolute atomic E-state index is 5.18. The summed E-state index contributed by atoms with van der Waals surface area (Å²) in [6.45, 7) is 2.06. The van der Waals surface area contributed by atoms with Gasteiger partial charge in [0.2, 0.25) is 0 Å². The van der Waals surface area contributed by atoms with E-state index >= 15 is 0 Å². The van der Waals surface area contributed by atoms with Crippen LogP contribution in [0, 0.1) is 10.5 Å². The Labute approximate surface area is 88.4 Å². The molecule has 3 heteroatoms. The van der Waals surface area contributed by atoms with E-state index in [1.807, 2.05) is 6.07 Å². The molecule has 0 amide bonds. The second-order valence-corrected chi connectivity index (χ2v) is 4.28. The Morgan fingerprint density at radius 2 is 2.09 bits per heavy atom. The van der Waals surface area contributed by atoms with Gasteiger partial charge in [0.05, 0.1) is 15.2 Å². The molecule has 0 aromatic heterocycles. The van der Waals surface area contributed by atoms with Crippen LogP contribution in [-0.2, 0) is 0 Å². The Morgan fingerprint density at radius 3 is 2.55 bits per heavy atom. The lowest BCUT2D eigenvalue weighted by Crippen LogP contribution is -1.88. The lowest BCUT2D eigenvalue weighted by Gasteiger charge is -2.06. The van der Waals surface area contributed by atoms with E-state index in [1.165, 1.54) is 5.56 Å². The van der Waals surface area contributed by atoms with Crippen LogP contribution in [0.1, 0.15) is 5.56 Å². The number of rotatable bonds is 1. The van der Waals surface area contributed by atoms with Crippen molar-refractivity contribution in [1.29, 1.82) is 0 Å². The highest BCUT2D eigenvalue weighted by molar-refractivity contribution is 14.1. The van der Waals surface area contributed by atoms with Crippen molar-refractivity contribution in [1.82, 2.24) is 0 Å². The van der Waals surface area contributed by atoms with Crippen molar-refractivity contribution in [3.05, 3.63) is 25.7 Å². The van der Waals surface area contributed by atoms with E-state index in [-0.39, 0.29) is 0 Å². The van der Waals surface area contributed by atoms with Crippen molar-refractivity contribution in [2.45, 2.75) is 6.92 Å². The van der Waals surface area contributed by atoms with Crippen molar-refractivity contribution in [3.63, 3.8) is 0 Å². The summed E-state index contributed by atoms with van der Waals surface area (Å²) in [6.07, 6.45) is 0. The minimum Gasteiger partial charge on any atom is -0.494 e. The van der Waals surface area contributed by atoms with Gasteiger partial charge in [0.1, 0.15) is 5.75 Å². The molecule has 0 spiro atoms. The van der Waals surface area contributed by atoms with Crippen LogP contribution < -0.4 is 4.74 Å². The average Bonchev–Trinajstić information content (AvgIpc) is 1.85. The number of benzene rings is 1. The van der Waals surface area contributed by atoms with Crippen molar-refractivity contribution >= 4 is 38.5 Å². The number of hydrogen-bond acceptors (Lipinski definition) is 1. The summed E-state index contributed by atoms with van der Waals surface area (Å²) in [4.78, 5) is 0. The molecular formula is C8H8BrIO. The second-order valence-electron chi connectivity index (χ2n) is 2.26. The van der Waals surface area contributed by atoms with Gasteiger partial charge in [0.25, 0.3) is 0 Å². The third-order valence-corrected chi connectivity index (χ3v) is 2.74. The number of hydrogen-bond donors (Lipinski definition) is 0. The third kappa shape index (κ3) is 2.08. The van der Waals surface area contributed by atoms with Gasteiger partial charge in [-0.3, -0.25) is 0 Å². The van der Waals surface area contributed by atoms with Crippen LogP contribution in [0.5, 0.6) is 5.75 Å². The first-order valence-electron chi connectivity index (χ1n) is 3.15. The van der Waals surface area contributed by atoms with Crippen LogP contribution in [0.4, 0.5) is 0 Å². The van der Waals surface area contributed by atoms with Gasteiger partial charge in [-0.25, -0.2) is 0 Å². The Hall–Kier alpha value is 0.230. The van der Waals surface area contributed by atoms with Crippen LogP contribution in [0.2, 0.25) is 0 Å². The van der Waals surface area contributed by atoms with E-state index in [0.29, 0.717) is 0 Å². The molecule has 1 nitrogen and oxygen atoms in total. The Kier molecular flexibility index (Phi) is 3.18. The molecule has 0 saturated heterocycles. The molecule has 0 N–H and O–H groups in total. The molecule has 0 aliphatic heterocycles. The fourth-order valence-corrected chi connectivity index (χ4v) is 2.99. The van der Waals surface area contributed by atoms with Crippen molar-refractivity contribution < 1.29 is 4.74 Å². The first-order valence-corrected chi connectivity index (χ1v) is 5.02. The zero-order valence-corrected chi connectivity index (χ0v) is 10.1. The molecular weight excluding hydrogens is 319 g/mol. The van der Waals surface area contributed by atoms with E-state index < -0.39 is 0 Å². The quantitative estimate of drug-likeness (QED) is 0.719. The molecule has 0 bridgehead atoms. The minimum atomic E-state index is 0.913. The van der Waals surface area contributed by atoms with Gasteiger partial charge >= 0.3 is 0 Å². The Balaban J connectivity index is 3.25. The highest BCUT2D eigenvalue weighted by Crippen LogP contribution is 2.31. The van der Waals surface area contributed by atoms with Gasteiger partial charge in [0, 0.05) is 0 Å². The van der Waals surface area contributed by atoms with Gasteiger partial charge in [-0.15, -0.1) is 0 Å². The van der Waals surface area contributed by atoms with Crippen LogP contribution in [-0.4, -0.2) is 7.11 Å². The average molecular weight is 327 g/mol. The van der Waals surface area contributed by atoms with Crippen LogP contribution >= 0.6 is 38.5 Å². The van der Waals surface area contributed by atoms with E-state index in [0.717, 1.165) is 13.8 Å². The van der Waals surface area contributed by atoms with Crippen molar-refractivity contribution in [3.8, 4) is 5.75 Å². The van der Waals surface area contributed by atoms with Gasteiger partial charge < -0.3 is 4.74 Å². The first-order chi connectivity index (χ1) is 5.15. The number of aryl methyl sites for hydroxylation is 1. The molecule has 0 aliphatic carbocycles. The normalized spacial score (nSPS) is 9.82. The van der Waals surface area contributed by atoms with Gasteiger partial charge in [-0.1, -0.05) is 0 Å². The highest BCUT2D eigenvalue weighted by atomic mass is 127. The van der Waals surface area contributed by atoms with E-state index in [9.17, 15) is 0 Å². The van der Waals surface area contributed by atoms with Crippen LogP contribution in [0.3, 0.4) is 0 Å². The fraction of sp³-hybridized carbons (Fsp3) is 0.250. The molecule has 0 radical (unpaired) electrons. The van der Waals surface area contributed by atoms with Crippen molar-refractivity contribution in [2.75, 3.05) is 7.11 Å². The standard InChI is InChI=1S/C8H8BrIO/c1-5-3-6(9)8(11-2)7(10)4-5/h3-4H,1-2H3. The molecule has 1 rings (SSSR count). The monoisotopic (exact) mass is 326 g/mol. The summed E-state index contributed by atoms with van der Waals surface area (Å²) in [5.41, 5.74) is 1.24. The van der Waals surface area contributed by atoms with E-state index in [2.05, 4.69) is 51.5 Å². The fourth-order valence-electron chi connectivity index (χ4n) is 0.882. The summed E-state index contributed by atoms with van der Waals surface area (Å²) >= 11 is 5.68. The predicted molar refractivity (Wildman–Crippen MR) is 58.1 cm³/mol. The molecule has 60 valence electrons. The number of halogens is 2. The molecule has 0 fully saturated rings. The predicted octanol–water partition coefficient (Wildman–Crippen LogP) is 3.37. The first kappa shape index (κ1) is 9.32. The SMILES string of the molecule is COc1c(Br)cc(C)cc1I. The van der Waals surface area contributed by atoms with Gasteiger partial charge in [-0.05, 0) is 63.1 Å². The minimum absolute atomic E-state index is 0.913. The molecule has 0 unspecified atom stereocenters. The van der Waals surface area contributed by atoms with E-state index in [4.69, 9.17) is 4.74 Å². The largest absolute Gasteiger partial charge is 0.494 e. The Bertz CT molecular complexity index is 250. The van der Waals surface area contributed by atoms with Crippen LogP contribution in [0.15, 0.2) is 16.6 Å². The maximum atomic E-state index is 5.18. The Morgan fingerprint density at radius 1 is 1.45 bits per heavy atom. The van der Waals surface area contributed by atoms with Crippen LogP contribution in [0.25, 0.3) is 0 Å². The van der Waals surface area contributed by atoms with Gasteiger partial charge in [-0.2, -0.15) is 0 Å². The smallest absolute Gasteiger partial charge is 0.146 e. The number of methoxy groups -OCH3 is 1. The zero-order chi connectivity index (χ0) is 8.43. The summed E-state index contributed by atoms with van der Waals surface area (Å²) in [5, 5.41) is 0. The van der Waals surface area contributed by atoms with Crippen molar-refractivity contribution in [2.24, 2.45) is 0 Å². The third-order valence-electron chi connectivity index (χ3n) is 1.35. The second kappa shape index (κ2) is 3.76. The zero-order valence-electron chi connectivity index (χ0n) is 6.32. The summed E-state index contributed by atoms with van der Waals surface area (Å²) in [7, 11) is 1.68. The molecule has 0 saturated carbocycles. The molecule has 1 aromatic carbocycles. The molecule has 0 heterocycles. The molecule has 11 heavy (non-hydrogen) atoms. The lowest BCUT2D eigenvalue weighted by molar-refractivity contribution is 0.409.